The third-order valence-electron chi connectivity index (χ3n) is 6.83. The van der Waals surface area contributed by atoms with Crippen molar-refractivity contribution in [3.63, 3.8) is 0 Å². The number of rotatable bonds is 5. The van der Waals surface area contributed by atoms with Crippen LogP contribution in [0.15, 0.2) is 36.0 Å². The van der Waals surface area contributed by atoms with Crippen LogP contribution in [0.4, 0.5) is 10.5 Å². The minimum Gasteiger partial charge on any atom is -0.366 e. The van der Waals surface area contributed by atoms with Gasteiger partial charge in [-0.25, -0.2) is 4.79 Å². The molecule has 2 aromatic rings. The lowest BCUT2D eigenvalue weighted by Gasteiger charge is -2.48. The molecule has 34 heavy (non-hydrogen) atoms. The fraction of sp³-hybridized carbons (Fsp3) is 0.407. The molecule has 5 nitrogen and oxygen atoms in total. The van der Waals surface area contributed by atoms with Crippen LogP contribution in [-0.2, 0) is 11.3 Å². The fourth-order valence-corrected chi connectivity index (χ4v) is 5.61. The van der Waals surface area contributed by atoms with Crippen LogP contribution in [0.2, 0.25) is 10.0 Å². The van der Waals surface area contributed by atoms with Gasteiger partial charge in [-0.1, -0.05) is 43.1 Å². The standard InChI is InChI=1S/C27H31Cl2N3O2/c1-6-9-32-24-10-16(2)19(11-21(24)17(3)14-27(32,4)5)12-23-25(33)31(26(34)30-23)15-18-7-8-20(28)13-22(18)29/h7-8,10-13,17H,6,9,14-15H2,1-5H3,(H,30,34)/b23-12+. The lowest BCUT2D eigenvalue weighted by molar-refractivity contribution is -0.123. The molecule has 0 radical (unpaired) electrons. The van der Waals surface area contributed by atoms with Gasteiger partial charge >= 0.3 is 6.03 Å². The number of amides is 3. The summed E-state index contributed by atoms with van der Waals surface area (Å²) in [5.74, 6) is 0.0307. The van der Waals surface area contributed by atoms with E-state index in [-0.39, 0.29) is 23.7 Å². The van der Waals surface area contributed by atoms with Gasteiger partial charge in [0, 0.05) is 27.8 Å². The van der Waals surface area contributed by atoms with Crippen LogP contribution in [0.25, 0.3) is 6.08 Å². The van der Waals surface area contributed by atoms with Crippen molar-refractivity contribution < 1.29 is 9.59 Å². The van der Waals surface area contributed by atoms with Crippen molar-refractivity contribution in [1.82, 2.24) is 10.2 Å². The van der Waals surface area contributed by atoms with Crippen molar-refractivity contribution in [3.8, 4) is 0 Å². The second-order valence-electron chi connectivity index (χ2n) is 9.95. The van der Waals surface area contributed by atoms with E-state index in [4.69, 9.17) is 23.2 Å². The smallest absolute Gasteiger partial charge is 0.329 e. The molecule has 1 fully saturated rings. The molecule has 0 saturated carbocycles. The average molecular weight is 500 g/mol. The van der Waals surface area contributed by atoms with E-state index in [1.54, 1.807) is 24.3 Å². The van der Waals surface area contributed by atoms with Gasteiger partial charge in [-0.2, -0.15) is 0 Å². The first-order chi connectivity index (χ1) is 16.0. The summed E-state index contributed by atoms with van der Waals surface area (Å²) in [6, 6.07) is 8.97. The second-order valence-corrected chi connectivity index (χ2v) is 10.8. The number of halogens is 2. The Morgan fingerprint density at radius 2 is 1.91 bits per heavy atom. The number of hydrogen-bond acceptors (Lipinski definition) is 3. The Kier molecular flexibility index (Phi) is 6.71. The van der Waals surface area contributed by atoms with Crippen molar-refractivity contribution in [2.75, 3.05) is 11.4 Å². The molecule has 180 valence electrons. The Bertz CT molecular complexity index is 1190. The van der Waals surface area contributed by atoms with Crippen molar-refractivity contribution in [2.24, 2.45) is 0 Å². The predicted molar refractivity (Wildman–Crippen MR) is 139 cm³/mol. The summed E-state index contributed by atoms with van der Waals surface area (Å²) in [4.78, 5) is 29.4. The van der Waals surface area contributed by atoms with Crippen LogP contribution in [-0.4, -0.2) is 28.9 Å². The monoisotopic (exact) mass is 499 g/mol. The minimum absolute atomic E-state index is 0.0826. The quantitative estimate of drug-likeness (QED) is 0.359. The largest absolute Gasteiger partial charge is 0.366 e. The molecule has 2 aliphatic rings. The van der Waals surface area contributed by atoms with E-state index in [0.717, 1.165) is 30.5 Å². The van der Waals surface area contributed by atoms with Crippen LogP contribution < -0.4 is 10.2 Å². The van der Waals surface area contributed by atoms with Gasteiger partial charge in [0.2, 0.25) is 0 Å². The molecule has 0 spiro atoms. The number of nitrogens with one attached hydrogen (secondary N) is 1. The molecule has 2 heterocycles. The number of carbonyl (C=O) groups excluding carboxylic acids is 2. The summed E-state index contributed by atoms with van der Waals surface area (Å²) < 4.78 is 0. The molecule has 1 saturated heterocycles. The van der Waals surface area contributed by atoms with Crippen molar-refractivity contribution in [2.45, 2.75) is 65.5 Å². The van der Waals surface area contributed by atoms with Gasteiger partial charge in [-0.3, -0.25) is 9.69 Å². The molecule has 3 amide bonds. The highest BCUT2D eigenvalue weighted by molar-refractivity contribution is 6.35. The molecule has 2 aliphatic heterocycles. The van der Waals surface area contributed by atoms with E-state index in [0.29, 0.717) is 21.5 Å². The molecule has 0 aliphatic carbocycles. The molecule has 0 aromatic heterocycles. The third-order valence-corrected chi connectivity index (χ3v) is 7.41. The number of fused-ring (bicyclic) bond motifs is 1. The van der Waals surface area contributed by atoms with Gasteiger partial charge in [0.1, 0.15) is 5.70 Å². The number of nitrogens with zero attached hydrogens (tertiary/aromatic N) is 2. The maximum Gasteiger partial charge on any atom is 0.329 e. The van der Waals surface area contributed by atoms with E-state index < -0.39 is 6.03 Å². The zero-order valence-electron chi connectivity index (χ0n) is 20.3. The van der Waals surface area contributed by atoms with Crippen LogP contribution in [0, 0.1) is 6.92 Å². The Labute approximate surface area is 211 Å². The minimum atomic E-state index is -0.456. The Hall–Kier alpha value is -2.50. The highest BCUT2D eigenvalue weighted by Gasteiger charge is 2.37. The predicted octanol–water partition coefficient (Wildman–Crippen LogP) is 6.90. The van der Waals surface area contributed by atoms with Gasteiger partial charge in [0.15, 0.2) is 0 Å². The zero-order chi connectivity index (χ0) is 24.8. The van der Waals surface area contributed by atoms with E-state index in [9.17, 15) is 9.59 Å². The van der Waals surface area contributed by atoms with Gasteiger partial charge in [-0.05, 0) is 92.1 Å². The summed E-state index contributed by atoms with van der Waals surface area (Å²) in [6.45, 7) is 12.2. The van der Waals surface area contributed by atoms with Gasteiger partial charge in [0.05, 0.1) is 6.54 Å². The highest BCUT2D eigenvalue weighted by atomic mass is 35.5. The SMILES string of the molecule is CCCN1c2cc(C)c(/C=C3/NC(=O)N(Cc4ccc(Cl)cc4Cl)C3=O)cc2C(C)CC1(C)C. The van der Waals surface area contributed by atoms with Crippen LogP contribution in [0.3, 0.4) is 0 Å². The van der Waals surface area contributed by atoms with Crippen molar-refractivity contribution >= 4 is 46.9 Å². The lowest BCUT2D eigenvalue weighted by Crippen LogP contribution is -2.48. The molecule has 1 atom stereocenters. The first-order valence-corrected chi connectivity index (χ1v) is 12.5. The van der Waals surface area contributed by atoms with Crippen molar-refractivity contribution in [1.29, 1.82) is 0 Å². The maximum absolute atomic E-state index is 13.1. The number of anilines is 1. The Balaban J connectivity index is 1.65. The van der Waals surface area contributed by atoms with E-state index in [1.165, 1.54) is 16.2 Å². The van der Waals surface area contributed by atoms with Crippen LogP contribution >= 0.6 is 23.2 Å². The molecule has 0 bridgehead atoms. The first kappa shape index (κ1) is 24.6. The topological polar surface area (TPSA) is 52.7 Å². The molecular formula is C27H31Cl2N3O2. The van der Waals surface area contributed by atoms with Gasteiger partial charge in [-0.15, -0.1) is 0 Å². The number of aryl methyl sites for hydroxylation is 1. The van der Waals surface area contributed by atoms with E-state index >= 15 is 0 Å². The number of imide groups is 1. The summed E-state index contributed by atoms with van der Waals surface area (Å²) in [6.07, 6.45) is 3.93. The molecule has 1 N–H and O–H groups in total. The number of urea groups is 1. The van der Waals surface area contributed by atoms with E-state index in [1.807, 2.05) is 0 Å². The lowest BCUT2D eigenvalue weighted by atomic mass is 9.79. The zero-order valence-corrected chi connectivity index (χ0v) is 21.8. The summed E-state index contributed by atoms with van der Waals surface area (Å²) >= 11 is 12.2. The summed E-state index contributed by atoms with van der Waals surface area (Å²) in [5.41, 5.74) is 5.59. The van der Waals surface area contributed by atoms with Gasteiger partial charge in [0.25, 0.3) is 5.91 Å². The van der Waals surface area contributed by atoms with E-state index in [2.05, 4.69) is 57.0 Å². The van der Waals surface area contributed by atoms with Gasteiger partial charge < -0.3 is 10.2 Å². The molecule has 7 heteroatoms. The van der Waals surface area contributed by atoms with Crippen molar-refractivity contribution in [3.05, 3.63) is 68.3 Å². The second kappa shape index (κ2) is 9.27. The summed E-state index contributed by atoms with van der Waals surface area (Å²) in [5, 5.41) is 3.66. The highest BCUT2D eigenvalue weighted by Crippen LogP contribution is 2.44. The third kappa shape index (κ3) is 4.56. The maximum atomic E-state index is 13.1. The fourth-order valence-electron chi connectivity index (χ4n) is 5.14. The Morgan fingerprint density at radius 1 is 1.18 bits per heavy atom. The number of carbonyl (C=O) groups is 2. The molecule has 2 aromatic carbocycles. The molecular weight excluding hydrogens is 469 g/mol. The number of benzene rings is 2. The molecule has 1 unspecified atom stereocenters. The first-order valence-electron chi connectivity index (χ1n) is 11.7. The average Bonchev–Trinajstić information content (AvgIpc) is 3.01. The summed E-state index contributed by atoms with van der Waals surface area (Å²) in [7, 11) is 0. The van der Waals surface area contributed by atoms with Crippen LogP contribution in [0.1, 0.15) is 68.7 Å². The molecule has 4 rings (SSSR count). The Morgan fingerprint density at radius 3 is 2.59 bits per heavy atom. The number of hydrogen-bond donors (Lipinski definition) is 1. The normalized spacial score (nSPS) is 20.7. The van der Waals surface area contributed by atoms with Crippen LogP contribution in [0.5, 0.6) is 0 Å².